The van der Waals surface area contributed by atoms with Crippen LogP contribution >= 0.6 is 11.3 Å². The van der Waals surface area contributed by atoms with Crippen molar-refractivity contribution in [3.8, 4) is 0 Å². The molecule has 1 aromatic carbocycles. The molecule has 1 fully saturated rings. The van der Waals surface area contributed by atoms with Crippen LogP contribution in [0.3, 0.4) is 0 Å². The number of Topliss-reactive ketones (excluding diaryl/α,β-unsaturated/α-hetero) is 1. The maximum Gasteiger partial charge on any atom is 0.266 e. The molecule has 2 amide bonds. The van der Waals surface area contributed by atoms with Crippen LogP contribution < -0.4 is 10.6 Å². The molecule has 0 spiro atoms. The van der Waals surface area contributed by atoms with Gasteiger partial charge in [0.25, 0.3) is 5.91 Å². The third kappa shape index (κ3) is 3.71. The lowest BCUT2D eigenvalue weighted by atomic mass is 10.1. The van der Waals surface area contributed by atoms with E-state index >= 15 is 0 Å². The molecule has 0 radical (unpaired) electrons. The van der Waals surface area contributed by atoms with Crippen LogP contribution in [0.25, 0.3) is 0 Å². The van der Waals surface area contributed by atoms with Gasteiger partial charge in [0.2, 0.25) is 5.91 Å². The molecule has 1 aliphatic rings. The van der Waals surface area contributed by atoms with Crippen LogP contribution in [0, 0.1) is 12.8 Å². The molecular formula is C18H18N2O3S. The highest BCUT2D eigenvalue weighted by atomic mass is 32.1. The molecular weight excluding hydrogens is 324 g/mol. The van der Waals surface area contributed by atoms with E-state index in [0.29, 0.717) is 21.1 Å². The van der Waals surface area contributed by atoms with Gasteiger partial charge in [0.15, 0.2) is 5.78 Å². The Kier molecular flexibility index (Phi) is 4.49. The normalized spacial score (nSPS) is 13.4. The topological polar surface area (TPSA) is 75.3 Å². The van der Waals surface area contributed by atoms with Crippen molar-refractivity contribution in [1.29, 1.82) is 0 Å². The number of thiophene rings is 1. The van der Waals surface area contributed by atoms with Gasteiger partial charge in [-0.15, -0.1) is 11.3 Å². The minimum Gasteiger partial charge on any atom is -0.321 e. The van der Waals surface area contributed by atoms with Gasteiger partial charge in [-0.25, -0.2) is 0 Å². The molecule has 1 heterocycles. The fraction of sp³-hybridized carbons (Fsp3) is 0.278. The second kappa shape index (κ2) is 6.57. The summed E-state index contributed by atoms with van der Waals surface area (Å²) < 4.78 is 0. The molecule has 6 heteroatoms. The summed E-state index contributed by atoms with van der Waals surface area (Å²) in [6.45, 7) is 3.34. The average Bonchev–Trinajstić information content (AvgIpc) is 3.32. The molecule has 2 aromatic rings. The summed E-state index contributed by atoms with van der Waals surface area (Å²) in [5.41, 5.74) is 2.05. The second-order valence-corrected chi connectivity index (χ2v) is 7.03. The number of benzene rings is 1. The number of hydrogen-bond acceptors (Lipinski definition) is 4. The monoisotopic (exact) mass is 342 g/mol. The van der Waals surface area contributed by atoms with E-state index in [2.05, 4.69) is 10.6 Å². The summed E-state index contributed by atoms with van der Waals surface area (Å²) in [7, 11) is 0. The Morgan fingerprint density at radius 3 is 2.33 bits per heavy atom. The van der Waals surface area contributed by atoms with Crippen LogP contribution in [0.15, 0.2) is 30.3 Å². The van der Waals surface area contributed by atoms with Crippen molar-refractivity contribution in [2.24, 2.45) is 5.92 Å². The predicted octanol–water partition coefficient (Wildman–Crippen LogP) is 3.86. The van der Waals surface area contributed by atoms with Gasteiger partial charge in [0.1, 0.15) is 0 Å². The summed E-state index contributed by atoms with van der Waals surface area (Å²) in [4.78, 5) is 36.1. The summed E-state index contributed by atoms with van der Waals surface area (Å²) in [5, 5.41) is 6.38. The highest BCUT2D eigenvalue weighted by Gasteiger charge is 2.30. The number of rotatable bonds is 5. The van der Waals surface area contributed by atoms with Crippen molar-refractivity contribution in [2.75, 3.05) is 10.6 Å². The summed E-state index contributed by atoms with van der Waals surface area (Å²) in [6.07, 6.45) is 1.89. The van der Waals surface area contributed by atoms with E-state index in [1.807, 2.05) is 13.0 Å². The average molecular weight is 342 g/mol. The van der Waals surface area contributed by atoms with Crippen molar-refractivity contribution in [2.45, 2.75) is 26.7 Å². The van der Waals surface area contributed by atoms with Crippen molar-refractivity contribution in [1.82, 2.24) is 0 Å². The molecule has 2 N–H and O–H groups in total. The number of anilines is 2. The number of hydrogen-bond donors (Lipinski definition) is 2. The zero-order valence-corrected chi connectivity index (χ0v) is 14.3. The Hall–Kier alpha value is -2.47. The minimum atomic E-state index is -0.222. The molecule has 5 nitrogen and oxygen atoms in total. The van der Waals surface area contributed by atoms with E-state index in [1.165, 1.54) is 18.3 Å². The highest BCUT2D eigenvalue weighted by molar-refractivity contribution is 7.18. The van der Waals surface area contributed by atoms with Gasteiger partial charge in [-0.05, 0) is 62.6 Å². The van der Waals surface area contributed by atoms with Crippen LogP contribution in [0.4, 0.5) is 10.7 Å². The number of amides is 2. The van der Waals surface area contributed by atoms with E-state index in [0.717, 1.165) is 18.4 Å². The lowest BCUT2D eigenvalue weighted by Crippen LogP contribution is -2.12. The van der Waals surface area contributed by atoms with Crippen LogP contribution in [-0.2, 0) is 4.79 Å². The fourth-order valence-electron chi connectivity index (χ4n) is 2.31. The third-order valence-corrected chi connectivity index (χ3v) is 5.02. The molecule has 24 heavy (non-hydrogen) atoms. The Morgan fingerprint density at radius 2 is 1.75 bits per heavy atom. The smallest absolute Gasteiger partial charge is 0.266 e. The minimum absolute atomic E-state index is 0.0157. The lowest BCUT2D eigenvalue weighted by Gasteiger charge is -2.05. The van der Waals surface area contributed by atoms with Gasteiger partial charge in [0.05, 0.1) is 9.88 Å². The molecule has 0 unspecified atom stereocenters. The quantitative estimate of drug-likeness (QED) is 0.810. The first-order chi connectivity index (χ1) is 11.4. The Balaban J connectivity index is 1.69. The maximum atomic E-state index is 12.4. The Bertz CT molecular complexity index is 804. The molecule has 1 aliphatic carbocycles. The number of carbonyl (C=O) groups is 3. The van der Waals surface area contributed by atoms with Gasteiger partial charge >= 0.3 is 0 Å². The predicted molar refractivity (Wildman–Crippen MR) is 94.8 cm³/mol. The lowest BCUT2D eigenvalue weighted by molar-refractivity contribution is -0.117. The highest BCUT2D eigenvalue weighted by Crippen LogP contribution is 2.33. The molecule has 0 saturated heterocycles. The Morgan fingerprint density at radius 1 is 1.08 bits per heavy atom. The van der Waals surface area contributed by atoms with Gasteiger partial charge < -0.3 is 10.6 Å². The molecule has 0 bridgehead atoms. The van der Waals surface area contributed by atoms with Gasteiger partial charge in [-0.3, -0.25) is 14.4 Å². The van der Waals surface area contributed by atoms with Gasteiger partial charge in [0, 0.05) is 17.2 Å². The summed E-state index contributed by atoms with van der Waals surface area (Å²) >= 11 is 1.27. The second-order valence-electron chi connectivity index (χ2n) is 5.97. The molecule has 3 rings (SSSR count). The van der Waals surface area contributed by atoms with Crippen molar-refractivity contribution < 1.29 is 14.4 Å². The summed E-state index contributed by atoms with van der Waals surface area (Å²) in [6, 6.07) is 8.58. The van der Waals surface area contributed by atoms with Crippen molar-refractivity contribution >= 4 is 39.6 Å². The van der Waals surface area contributed by atoms with Gasteiger partial charge in [-0.2, -0.15) is 0 Å². The zero-order chi connectivity index (χ0) is 17.3. The SMILES string of the molecule is CC(=O)c1ccc(NC(=O)c2sc(NC(=O)C3CC3)cc2C)cc1. The van der Waals surface area contributed by atoms with Crippen LogP contribution in [0.2, 0.25) is 0 Å². The molecule has 0 atom stereocenters. The number of nitrogens with one attached hydrogen (secondary N) is 2. The Labute approximate surface area is 144 Å². The number of carbonyl (C=O) groups excluding carboxylic acids is 3. The number of aryl methyl sites for hydroxylation is 1. The van der Waals surface area contributed by atoms with Crippen LogP contribution in [0.5, 0.6) is 0 Å². The first kappa shape index (κ1) is 16.4. The van der Waals surface area contributed by atoms with E-state index in [4.69, 9.17) is 0 Å². The standard InChI is InChI=1S/C18H18N2O3S/c1-10-9-15(20-17(22)13-3-4-13)24-16(10)18(23)19-14-7-5-12(6-8-14)11(2)21/h5-9,13H,3-4H2,1-2H3,(H,19,23)(H,20,22). The largest absolute Gasteiger partial charge is 0.321 e. The fourth-order valence-corrected chi connectivity index (χ4v) is 3.29. The van der Waals surface area contributed by atoms with E-state index in [1.54, 1.807) is 24.3 Å². The van der Waals surface area contributed by atoms with E-state index < -0.39 is 0 Å². The molecule has 1 saturated carbocycles. The molecule has 1 aromatic heterocycles. The first-order valence-corrected chi connectivity index (χ1v) is 8.59. The van der Waals surface area contributed by atoms with Gasteiger partial charge in [-0.1, -0.05) is 0 Å². The first-order valence-electron chi connectivity index (χ1n) is 7.77. The van der Waals surface area contributed by atoms with E-state index in [9.17, 15) is 14.4 Å². The molecule has 124 valence electrons. The maximum absolute atomic E-state index is 12.4. The van der Waals surface area contributed by atoms with Crippen molar-refractivity contribution in [3.63, 3.8) is 0 Å². The van der Waals surface area contributed by atoms with Crippen molar-refractivity contribution in [3.05, 3.63) is 46.3 Å². The third-order valence-electron chi connectivity index (χ3n) is 3.87. The van der Waals surface area contributed by atoms with Crippen LogP contribution in [0.1, 0.15) is 45.4 Å². The number of ketones is 1. The molecule has 0 aliphatic heterocycles. The van der Waals surface area contributed by atoms with Crippen LogP contribution in [-0.4, -0.2) is 17.6 Å². The summed E-state index contributed by atoms with van der Waals surface area (Å²) in [5.74, 6) is -0.0782. The zero-order valence-electron chi connectivity index (χ0n) is 13.5. The van der Waals surface area contributed by atoms with E-state index in [-0.39, 0.29) is 23.5 Å².